The zero-order valence-electron chi connectivity index (χ0n) is 30.0. The van der Waals surface area contributed by atoms with Gasteiger partial charge in [-0.25, -0.2) is 0 Å². The van der Waals surface area contributed by atoms with Crippen molar-refractivity contribution in [2.45, 2.75) is 92.2 Å². The third-order valence-corrected chi connectivity index (χ3v) is 6.81. The van der Waals surface area contributed by atoms with Gasteiger partial charge in [0.05, 0.1) is 6.54 Å². The van der Waals surface area contributed by atoms with Gasteiger partial charge in [-0.2, -0.15) is 0 Å². The Balaban J connectivity index is 0. The lowest BCUT2D eigenvalue weighted by Crippen LogP contribution is -2.51. The number of Topliss-reactive ketones (excluding diaryl/α,β-unsaturated/α-hetero) is 1. The second kappa shape index (κ2) is 27.3. The first kappa shape index (κ1) is 45.3. The molecule has 0 saturated carbocycles. The van der Waals surface area contributed by atoms with Gasteiger partial charge >= 0.3 is 0 Å². The number of nitrogens with zero attached hydrogens (tertiary/aromatic N) is 1. The van der Waals surface area contributed by atoms with E-state index in [1.807, 2.05) is 57.2 Å². The molecule has 9 N–H and O–H groups in total. The van der Waals surface area contributed by atoms with Crippen LogP contribution in [0.1, 0.15) is 78.4 Å². The van der Waals surface area contributed by atoms with E-state index in [1.165, 1.54) is 18.9 Å². The van der Waals surface area contributed by atoms with Gasteiger partial charge in [0.1, 0.15) is 17.6 Å². The van der Waals surface area contributed by atoms with Gasteiger partial charge in [-0.05, 0) is 93.4 Å². The third kappa shape index (κ3) is 20.1. The Hall–Kier alpha value is -3.80. The number of phenolic OH excluding ortho intramolecular Hbond substituents is 1. The minimum Gasteiger partial charge on any atom is -0.508 e. The number of unbranched alkanes of at least 4 members (excludes halogenated alkanes) is 1. The minimum absolute atomic E-state index is 0.101. The van der Waals surface area contributed by atoms with E-state index in [2.05, 4.69) is 30.2 Å². The minimum atomic E-state index is -0.794. The molecule has 0 aliphatic heterocycles. The number of nitrogens with one attached hydrogen (secondary N) is 2. The van der Waals surface area contributed by atoms with E-state index in [9.17, 15) is 24.3 Å². The van der Waals surface area contributed by atoms with E-state index in [-0.39, 0.29) is 42.4 Å². The number of ketones is 1. The maximum Gasteiger partial charge on any atom is 0.243 e. The van der Waals surface area contributed by atoms with Crippen LogP contribution in [0.5, 0.6) is 5.75 Å². The number of aromatic hydroxyl groups is 1. The monoisotopic (exact) mass is 658 g/mol. The number of rotatable bonds is 17. The normalized spacial score (nSPS) is 11.2. The van der Waals surface area contributed by atoms with Crippen LogP contribution in [-0.2, 0) is 32.0 Å². The number of hydrogen-bond acceptors (Lipinski definition) is 8. The van der Waals surface area contributed by atoms with Crippen molar-refractivity contribution in [1.29, 1.82) is 0 Å². The third-order valence-electron chi connectivity index (χ3n) is 6.81. The molecule has 266 valence electrons. The van der Waals surface area contributed by atoms with Crippen LogP contribution < -0.4 is 27.8 Å². The molecular weight excluding hydrogens is 596 g/mol. The smallest absolute Gasteiger partial charge is 0.243 e. The van der Waals surface area contributed by atoms with Gasteiger partial charge in [-0.3, -0.25) is 14.4 Å². The molecule has 0 bridgehead atoms. The average molecular weight is 659 g/mol. The molecule has 2 rings (SSSR count). The van der Waals surface area contributed by atoms with Gasteiger partial charge < -0.3 is 42.6 Å². The zero-order valence-corrected chi connectivity index (χ0v) is 30.0. The Morgan fingerprint density at radius 2 is 1.62 bits per heavy atom. The first-order valence-corrected chi connectivity index (χ1v) is 16.5. The number of likely N-dealkylation sites (N-methyl/N-ethyl adjacent to an activating group) is 1. The summed E-state index contributed by atoms with van der Waals surface area (Å²) >= 11 is 0. The van der Waals surface area contributed by atoms with Crippen LogP contribution in [0.25, 0.3) is 11.1 Å². The molecular formula is C36H62N6O5. The second-order valence-electron chi connectivity index (χ2n) is 11.4. The fourth-order valence-corrected chi connectivity index (χ4v) is 4.37. The van der Waals surface area contributed by atoms with Crippen molar-refractivity contribution in [1.82, 2.24) is 15.5 Å². The van der Waals surface area contributed by atoms with E-state index in [0.717, 1.165) is 41.1 Å². The molecule has 2 aromatic carbocycles. The number of benzene rings is 2. The van der Waals surface area contributed by atoms with Gasteiger partial charge in [0, 0.05) is 32.5 Å². The summed E-state index contributed by atoms with van der Waals surface area (Å²) in [6.07, 6.45) is 4.19. The highest BCUT2D eigenvalue weighted by molar-refractivity contribution is 5.89. The fourth-order valence-electron chi connectivity index (χ4n) is 4.37. The molecule has 0 aliphatic rings. The summed E-state index contributed by atoms with van der Waals surface area (Å²) in [5.41, 5.74) is 19.1. The van der Waals surface area contributed by atoms with Crippen molar-refractivity contribution in [3.8, 4) is 16.9 Å². The maximum absolute atomic E-state index is 13.1. The first-order chi connectivity index (χ1) is 22.4. The molecule has 0 aliphatic carbocycles. The van der Waals surface area contributed by atoms with Crippen molar-refractivity contribution in [2.75, 3.05) is 33.7 Å². The van der Waals surface area contributed by atoms with E-state index in [1.54, 1.807) is 13.1 Å². The average Bonchev–Trinajstić information content (AvgIpc) is 3.04. The molecule has 0 aromatic heterocycles. The number of amides is 3. The summed E-state index contributed by atoms with van der Waals surface area (Å²) in [5, 5.41) is 15.4. The Bertz CT molecular complexity index is 1170. The molecule has 11 nitrogen and oxygen atoms in total. The highest BCUT2D eigenvalue weighted by Gasteiger charge is 2.27. The number of carbonyl (C=O) groups is 4. The number of nitrogens with two attached hydrogens (primary N) is 3. The topological polar surface area (TPSA) is 194 Å². The Labute approximate surface area is 283 Å². The van der Waals surface area contributed by atoms with Crippen LogP contribution in [0.4, 0.5) is 0 Å². The van der Waals surface area contributed by atoms with Gasteiger partial charge in [0.25, 0.3) is 0 Å². The van der Waals surface area contributed by atoms with Gasteiger partial charge in [-0.15, -0.1) is 0 Å². The lowest BCUT2D eigenvalue weighted by Gasteiger charge is -2.27. The quantitative estimate of drug-likeness (QED) is 0.110. The van der Waals surface area contributed by atoms with Gasteiger partial charge in [-0.1, -0.05) is 58.0 Å². The van der Waals surface area contributed by atoms with E-state index in [0.29, 0.717) is 38.6 Å². The molecule has 0 fully saturated rings. The van der Waals surface area contributed by atoms with Crippen LogP contribution in [0.15, 0.2) is 42.5 Å². The molecule has 47 heavy (non-hydrogen) atoms. The Morgan fingerprint density at radius 1 is 0.979 bits per heavy atom. The lowest BCUT2D eigenvalue weighted by atomic mass is 9.96. The summed E-state index contributed by atoms with van der Waals surface area (Å²) in [6, 6.07) is 12.2. The highest BCUT2D eigenvalue weighted by atomic mass is 16.3. The zero-order chi connectivity index (χ0) is 36.4. The SMILES string of the molecule is CC.CC(=O)CCCCNC(=O)C(Cc1cccc(-c2ccc(O)c(CC(C)N)c2)c1)N(C)C(=O)CNC=O.CC(C)CCN.CN. The lowest BCUT2D eigenvalue weighted by molar-refractivity contribution is -0.138. The maximum atomic E-state index is 13.1. The summed E-state index contributed by atoms with van der Waals surface area (Å²) in [5.74, 6) is 0.379. The van der Waals surface area contributed by atoms with E-state index in [4.69, 9.17) is 11.5 Å². The van der Waals surface area contributed by atoms with Crippen LogP contribution in [0.3, 0.4) is 0 Å². The first-order valence-electron chi connectivity index (χ1n) is 16.5. The van der Waals surface area contributed by atoms with Crippen molar-refractivity contribution >= 4 is 24.0 Å². The molecule has 2 unspecified atom stereocenters. The van der Waals surface area contributed by atoms with Crippen molar-refractivity contribution in [2.24, 2.45) is 23.1 Å². The van der Waals surface area contributed by atoms with Crippen LogP contribution in [0, 0.1) is 5.92 Å². The second-order valence-corrected chi connectivity index (χ2v) is 11.4. The summed E-state index contributed by atoms with van der Waals surface area (Å²) in [6.45, 7) is 12.8. The fraction of sp³-hybridized carbons (Fsp3) is 0.556. The van der Waals surface area contributed by atoms with Gasteiger partial charge in [0.2, 0.25) is 18.2 Å². The molecule has 11 heteroatoms. The standard InChI is InChI=1S/C28H38N4O5.C5H13N.C2H6.CH5N/c1-19(29)13-24-16-23(10-11-26(24)35)22-9-6-8-21(14-22)15-25(32(3)27(36)17-30-18-33)28(37)31-12-5-4-7-20(2)34;1-5(2)3-4-6;2*1-2/h6,8-11,14,16,18-19,25,35H,4-5,7,12-13,15,17,29H2,1-3H3,(H,30,33)(H,31,37);5H,3-4,6H2,1-2H3;1-2H3;2H2,1H3. The molecule has 0 saturated heterocycles. The molecule has 0 heterocycles. The largest absolute Gasteiger partial charge is 0.508 e. The summed E-state index contributed by atoms with van der Waals surface area (Å²) < 4.78 is 0. The van der Waals surface area contributed by atoms with Gasteiger partial charge in [0.15, 0.2) is 0 Å². The van der Waals surface area contributed by atoms with Crippen molar-refractivity contribution in [3.63, 3.8) is 0 Å². The van der Waals surface area contributed by atoms with E-state index < -0.39 is 6.04 Å². The molecule has 3 amide bonds. The Kier molecular flexibility index (Phi) is 26.4. The number of phenols is 1. The predicted octanol–water partition coefficient (Wildman–Crippen LogP) is 3.53. The van der Waals surface area contributed by atoms with Crippen LogP contribution in [-0.4, -0.2) is 79.8 Å². The highest BCUT2D eigenvalue weighted by Crippen LogP contribution is 2.28. The van der Waals surface area contributed by atoms with Crippen LogP contribution in [0.2, 0.25) is 0 Å². The summed E-state index contributed by atoms with van der Waals surface area (Å²) in [7, 11) is 3.04. The van der Waals surface area contributed by atoms with Crippen molar-refractivity contribution < 1.29 is 24.3 Å². The molecule has 2 aromatic rings. The Morgan fingerprint density at radius 3 is 2.15 bits per heavy atom. The molecule has 2 atom stereocenters. The predicted molar refractivity (Wildman–Crippen MR) is 193 cm³/mol. The van der Waals surface area contributed by atoms with Crippen molar-refractivity contribution in [3.05, 3.63) is 53.6 Å². The number of hydrogen-bond donors (Lipinski definition) is 6. The summed E-state index contributed by atoms with van der Waals surface area (Å²) in [4.78, 5) is 48.8. The van der Waals surface area contributed by atoms with Crippen LogP contribution >= 0.6 is 0 Å². The number of carbonyl (C=O) groups excluding carboxylic acids is 4. The van der Waals surface area contributed by atoms with E-state index >= 15 is 0 Å². The molecule has 0 spiro atoms. The molecule has 0 radical (unpaired) electrons.